The van der Waals surface area contributed by atoms with Gasteiger partial charge in [0.1, 0.15) is 0 Å². The van der Waals surface area contributed by atoms with Crippen molar-refractivity contribution >= 4 is 17.1 Å². The molecule has 1 fully saturated rings. The van der Waals surface area contributed by atoms with Gasteiger partial charge < -0.3 is 10.2 Å². The number of benzene rings is 1. The summed E-state index contributed by atoms with van der Waals surface area (Å²) in [5, 5.41) is 23.1. The monoisotopic (exact) mass is 288 g/mol. The number of nitrogens with one attached hydrogen (secondary N) is 1. The van der Waals surface area contributed by atoms with Gasteiger partial charge >= 0.3 is 0 Å². The third-order valence-electron chi connectivity index (χ3n) is 3.48. The summed E-state index contributed by atoms with van der Waals surface area (Å²) in [5.41, 5.74) is 1.69. The molecule has 2 rings (SSSR count). The summed E-state index contributed by atoms with van der Waals surface area (Å²) < 4.78 is 0. The highest BCUT2D eigenvalue weighted by Gasteiger charge is 2.30. The van der Waals surface area contributed by atoms with Crippen LogP contribution in [-0.4, -0.2) is 24.1 Å². The molecule has 0 atom stereocenters. The third kappa shape index (κ3) is 4.09. The first-order chi connectivity index (χ1) is 10.2. The van der Waals surface area contributed by atoms with Crippen molar-refractivity contribution < 1.29 is 4.92 Å². The summed E-state index contributed by atoms with van der Waals surface area (Å²) >= 11 is 0. The molecule has 1 aliphatic carbocycles. The van der Waals surface area contributed by atoms with Gasteiger partial charge in [-0.2, -0.15) is 5.26 Å². The zero-order valence-corrected chi connectivity index (χ0v) is 12.2. The fraction of sp³-hybridized carbons (Fsp3) is 0.533. The van der Waals surface area contributed by atoms with E-state index in [0.717, 1.165) is 37.2 Å². The molecule has 1 aliphatic rings. The molecule has 21 heavy (non-hydrogen) atoms. The lowest BCUT2D eigenvalue weighted by molar-refractivity contribution is -0.384. The maximum absolute atomic E-state index is 11.1. The first-order valence-electron chi connectivity index (χ1n) is 7.32. The van der Waals surface area contributed by atoms with Crippen LogP contribution in [0.2, 0.25) is 0 Å². The molecule has 1 saturated carbocycles. The summed E-state index contributed by atoms with van der Waals surface area (Å²) in [4.78, 5) is 12.9. The van der Waals surface area contributed by atoms with E-state index >= 15 is 0 Å². The smallest absolute Gasteiger partial charge is 0.273 e. The summed E-state index contributed by atoms with van der Waals surface area (Å²) in [6.45, 7) is 3.45. The highest BCUT2D eigenvalue weighted by atomic mass is 16.6. The first kappa shape index (κ1) is 15.1. The van der Waals surface area contributed by atoms with E-state index in [4.69, 9.17) is 5.26 Å². The van der Waals surface area contributed by atoms with E-state index in [1.807, 2.05) is 6.07 Å². The molecule has 0 spiro atoms. The summed E-state index contributed by atoms with van der Waals surface area (Å²) in [6.07, 6.45) is 3.56. The van der Waals surface area contributed by atoms with E-state index in [-0.39, 0.29) is 10.6 Å². The van der Waals surface area contributed by atoms with Crippen molar-refractivity contribution in [1.82, 2.24) is 0 Å². The minimum atomic E-state index is -0.365. The Morgan fingerprint density at radius 3 is 2.81 bits per heavy atom. The molecule has 6 heteroatoms. The molecular weight excluding hydrogens is 268 g/mol. The lowest BCUT2D eigenvalue weighted by Crippen LogP contribution is -2.26. The minimum Gasteiger partial charge on any atom is -0.385 e. The SMILES string of the molecule is CCCNc1cc(N(CCC#N)C2CC2)cc([N+](=O)[O-])c1. The molecular formula is C15H20N4O2. The first-order valence-corrected chi connectivity index (χ1v) is 7.32. The number of non-ortho nitro benzene ring substituents is 1. The number of nitrogens with zero attached hydrogens (tertiary/aromatic N) is 3. The second-order valence-electron chi connectivity index (χ2n) is 5.25. The van der Waals surface area contributed by atoms with Crippen molar-refractivity contribution in [2.24, 2.45) is 0 Å². The molecule has 1 aromatic rings. The Labute approximate surface area is 124 Å². The van der Waals surface area contributed by atoms with Crippen LogP contribution in [0, 0.1) is 21.4 Å². The van der Waals surface area contributed by atoms with Gasteiger partial charge in [-0.15, -0.1) is 0 Å². The number of nitriles is 1. The molecule has 0 aromatic heterocycles. The number of hydrogen-bond donors (Lipinski definition) is 1. The van der Waals surface area contributed by atoms with Crippen LogP contribution in [0.1, 0.15) is 32.6 Å². The van der Waals surface area contributed by atoms with Crippen molar-refractivity contribution in [3.63, 3.8) is 0 Å². The number of rotatable bonds is 8. The van der Waals surface area contributed by atoms with Crippen LogP contribution >= 0.6 is 0 Å². The average molecular weight is 288 g/mol. The number of anilines is 2. The standard InChI is InChI=1S/C15H20N4O2/c1-2-7-17-12-9-14(11-15(10-12)19(20)21)18(8-3-6-16)13-4-5-13/h9-11,13,17H,2-5,7-8H2,1H3. The highest BCUT2D eigenvalue weighted by Crippen LogP contribution is 2.35. The molecule has 0 bridgehead atoms. The van der Waals surface area contributed by atoms with Gasteiger partial charge in [0.15, 0.2) is 0 Å². The molecule has 6 nitrogen and oxygen atoms in total. The van der Waals surface area contributed by atoms with Crippen LogP contribution in [0.25, 0.3) is 0 Å². The van der Waals surface area contributed by atoms with Crippen LogP contribution in [0.4, 0.5) is 17.1 Å². The van der Waals surface area contributed by atoms with Gasteiger partial charge in [-0.3, -0.25) is 10.1 Å². The van der Waals surface area contributed by atoms with E-state index in [1.165, 1.54) is 0 Å². The zero-order chi connectivity index (χ0) is 15.2. The second kappa shape index (κ2) is 6.93. The Morgan fingerprint density at radius 1 is 1.48 bits per heavy atom. The van der Waals surface area contributed by atoms with Crippen molar-refractivity contribution in [3.8, 4) is 6.07 Å². The van der Waals surface area contributed by atoms with Gasteiger partial charge in [-0.05, 0) is 25.3 Å². The quantitative estimate of drug-likeness (QED) is 0.586. The van der Waals surface area contributed by atoms with Crippen LogP contribution in [-0.2, 0) is 0 Å². The molecule has 0 aliphatic heterocycles. The van der Waals surface area contributed by atoms with E-state index in [0.29, 0.717) is 19.0 Å². The Bertz CT molecular complexity index is 549. The fourth-order valence-electron chi connectivity index (χ4n) is 2.32. The Hall–Kier alpha value is -2.29. The number of hydrogen-bond acceptors (Lipinski definition) is 5. The van der Waals surface area contributed by atoms with Crippen molar-refractivity contribution in [3.05, 3.63) is 28.3 Å². The molecule has 1 N–H and O–H groups in total. The zero-order valence-electron chi connectivity index (χ0n) is 12.2. The molecule has 0 radical (unpaired) electrons. The van der Waals surface area contributed by atoms with Gasteiger partial charge in [0, 0.05) is 42.6 Å². The summed E-state index contributed by atoms with van der Waals surface area (Å²) in [5.74, 6) is 0. The third-order valence-corrected chi connectivity index (χ3v) is 3.48. The van der Waals surface area contributed by atoms with Crippen LogP contribution in [0.5, 0.6) is 0 Å². The highest BCUT2D eigenvalue weighted by molar-refractivity contribution is 5.65. The van der Waals surface area contributed by atoms with Crippen molar-refractivity contribution in [2.45, 2.75) is 38.6 Å². The van der Waals surface area contributed by atoms with Gasteiger partial charge in [0.25, 0.3) is 5.69 Å². The lowest BCUT2D eigenvalue weighted by atomic mass is 10.2. The lowest BCUT2D eigenvalue weighted by Gasteiger charge is -2.24. The largest absolute Gasteiger partial charge is 0.385 e. The predicted octanol–water partition coefficient (Wildman–Crippen LogP) is 3.30. The minimum absolute atomic E-state index is 0.0914. The Kier molecular flexibility index (Phi) is 4.99. The molecule has 112 valence electrons. The summed E-state index contributed by atoms with van der Waals surface area (Å²) in [7, 11) is 0. The van der Waals surface area contributed by atoms with E-state index in [1.54, 1.807) is 12.1 Å². The molecule has 1 aromatic carbocycles. The maximum Gasteiger partial charge on any atom is 0.273 e. The predicted molar refractivity (Wildman–Crippen MR) is 82.5 cm³/mol. The maximum atomic E-state index is 11.1. The number of nitro benzene ring substituents is 1. The molecule has 0 unspecified atom stereocenters. The van der Waals surface area contributed by atoms with Crippen molar-refractivity contribution in [2.75, 3.05) is 23.3 Å². The van der Waals surface area contributed by atoms with Gasteiger partial charge in [-0.25, -0.2) is 0 Å². The van der Waals surface area contributed by atoms with Gasteiger partial charge in [0.2, 0.25) is 0 Å². The summed E-state index contributed by atoms with van der Waals surface area (Å²) in [6, 6.07) is 7.67. The Morgan fingerprint density at radius 2 is 2.24 bits per heavy atom. The van der Waals surface area contributed by atoms with Crippen LogP contribution in [0.15, 0.2) is 18.2 Å². The van der Waals surface area contributed by atoms with Gasteiger partial charge in [-0.1, -0.05) is 6.92 Å². The van der Waals surface area contributed by atoms with E-state index in [9.17, 15) is 10.1 Å². The molecule has 0 heterocycles. The van der Waals surface area contributed by atoms with Crippen LogP contribution in [0.3, 0.4) is 0 Å². The average Bonchev–Trinajstić information content (AvgIpc) is 3.30. The van der Waals surface area contributed by atoms with Crippen LogP contribution < -0.4 is 10.2 Å². The van der Waals surface area contributed by atoms with Crippen molar-refractivity contribution in [1.29, 1.82) is 5.26 Å². The van der Waals surface area contributed by atoms with E-state index in [2.05, 4.69) is 23.2 Å². The number of nitro groups is 1. The fourth-order valence-corrected chi connectivity index (χ4v) is 2.32. The molecule has 0 amide bonds. The second-order valence-corrected chi connectivity index (χ2v) is 5.25. The van der Waals surface area contributed by atoms with E-state index < -0.39 is 0 Å². The van der Waals surface area contributed by atoms with Gasteiger partial charge in [0.05, 0.1) is 17.4 Å². The topological polar surface area (TPSA) is 82.2 Å². The normalized spacial score (nSPS) is 13.5. The Balaban J connectivity index is 2.28. The molecule has 0 saturated heterocycles.